The molecule has 0 aliphatic carbocycles. The summed E-state index contributed by atoms with van der Waals surface area (Å²) in [5, 5.41) is 11.5. The summed E-state index contributed by atoms with van der Waals surface area (Å²) >= 11 is 6.08. The molecule has 1 aliphatic heterocycles. The molecule has 1 atom stereocenters. The standard InChI is InChI=1S/C25H28ClNO6/c1-15(2)14-33-20-13-16(8-9-19(20)32-4)22-21(23(28)17-6-5-7-18(26)12-17)24(29)25(30)27(22)10-11-31-3/h5-9,12-13,15,22,28H,10-11,14H2,1-4H3/b23-21-. The third-order valence-electron chi connectivity index (χ3n) is 5.25. The molecule has 1 aliphatic rings. The summed E-state index contributed by atoms with van der Waals surface area (Å²) in [5.74, 6) is -0.461. The molecule has 8 heteroatoms. The third-order valence-corrected chi connectivity index (χ3v) is 5.49. The number of rotatable bonds is 9. The van der Waals surface area contributed by atoms with E-state index < -0.39 is 17.7 Å². The molecule has 2 aromatic rings. The van der Waals surface area contributed by atoms with E-state index in [-0.39, 0.29) is 30.4 Å². The molecule has 1 saturated heterocycles. The molecule has 0 radical (unpaired) electrons. The van der Waals surface area contributed by atoms with Crippen LogP contribution in [0.2, 0.25) is 5.02 Å². The molecule has 2 aromatic carbocycles. The summed E-state index contributed by atoms with van der Waals surface area (Å²) in [6.07, 6.45) is 0. The van der Waals surface area contributed by atoms with Crippen LogP contribution in [0.1, 0.15) is 31.0 Å². The number of ether oxygens (including phenoxy) is 3. The molecular formula is C25H28ClNO6. The van der Waals surface area contributed by atoms with Crippen LogP contribution in [0.25, 0.3) is 5.76 Å². The summed E-state index contributed by atoms with van der Waals surface area (Å²) in [6.45, 7) is 4.92. The second-order valence-electron chi connectivity index (χ2n) is 8.11. The largest absolute Gasteiger partial charge is 0.507 e. The Kier molecular flexibility index (Phi) is 8.00. The van der Waals surface area contributed by atoms with Crippen LogP contribution in [0, 0.1) is 5.92 Å². The highest BCUT2D eigenvalue weighted by Crippen LogP contribution is 2.42. The van der Waals surface area contributed by atoms with Gasteiger partial charge < -0.3 is 24.2 Å². The van der Waals surface area contributed by atoms with Crippen molar-refractivity contribution in [2.75, 3.05) is 34.0 Å². The van der Waals surface area contributed by atoms with Crippen molar-refractivity contribution in [3.8, 4) is 11.5 Å². The van der Waals surface area contributed by atoms with Crippen LogP contribution < -0.4 is 9.47 Å². The molecule has 7 nitrogen and oxygen atoms in total. The first kappa shape index (κ1) is 24.6. The van der Waals surface area contributed by atoms with Crippen molar-refractivity contribution in [1.29, 1.82) is 0 Å². The number of halogens is 1. The Morgan fingerprint density at radius 1 is 1.12 bits per heavy atom. The molecule has 1 N–H and O–H groups in total. The minimum absolute atomic E-state index is 0.0154. The Balaban J connectivity index is 2.16. The van der Waals surface area contributed by atoms with E-state index in [9.17, 15) is 14.7 Å². The first-order valence-electron chi connectivity index (χ1n) is 10.6. The summed E-state index contributed by atoms with van der Waals surface area (Å²) in [4.78, 5) is 27.4. The average Bonchev–Trinajstić information content (AvgIpc) is 3.05. The number of methoxy groups -OCH3 is 2. The second kappa shape index (κ2) is 10.7. The Hall–Kier alpha value is -3.03. The number of amides is 1. The minimum Gasteiger partial charge on any atom is -0.507 e. The van der Waals surface area contributed by atoms with Crippen molar-refractivity contribution in [3.05, 3.63) is 64.2 Å². The van der Waals surface area contributed by atoms with Crippen LogP contribution in [0.5, 0.6) is 11.5 Å². The Bertz CT molecular complexity index is 1060. The smallest absolute Gasteiger partial charge is 0.295 e. The number of carbonyl (C=O) groups excluding carboxylic acids is 2. The predicted molar refractivity (Wildman–Crippen MR) is 126 cm³/mol. The van der Waals surface area contributed by atoms with E-state index in [4.69, 9.17) is 25.8 Å². The normalized spacial score (nSPS) is 17.6. The van der Waals surface area contributed by atoms with Gasteiger partial charge in [-0.05, 0) is 35.7 Å². The van der Waals surface area contributed by atoms with Crippen LogP contribution in [0.15, 0.2) is 48.0 Å². The number of nitrogens with zero attached hydrogens (tertiary/aromatic N) is 1. The summed E-state index contributed by atoms with van der Waals surface area (Å²) in [6, 6.07) is 10.9. The van der Waals surface area contributed by atoms with E-state index in [1.165, 1.54) is 12.0 Å². The summed E-state index contributed by atoms with van der Waals surface area (Å²) < 4.78 is 16.5. The van der Waals surface area contributed by atoms with Gasteiger partial charge in [-0.1, -0.05) is 43.6 Å². The lowest BCUT2D eigenvalue weighted by atomic mass is 9.95. The fourth-order valence-electron chi connectivity index (χ4n) is 3.67. The van der Waals surface area contributed by atoms with Crippen molar-refractivity contribution in [2.45, 2.75) is 19.9 Å². The average molecular weight is 474 g/mol. The van der Waals surface area contributed by atoms with E-state index in [0.717, 1.165) is 0 Å². The van der Waals surface area contributed by atoms with Gasteiger partial charge in [0.05, 0.1) is 31.9 Å². The fraction of sp³-hybridized carbons (Fsp3) is 0.360. The molecule has 0 spiro atoms. The lowest BCUT2D eigenvalue weighted by Gasteiger charge is -2.26. The van der Waals surface area contributed by atoms with Gasteiger partial charge in [0, 0.05) is 24.2 Å². The molecule has 1 heterocycles. The SMILES string of the molecule is COCCN1C(=O)C(=O)/C(=C(\O)c2cccc(Cl)c2)C1c1ccc(OC)c(OCC(C)C)c1. The zero-order valence-corrected chi connectivity index (χ0v) is 19.9. The molecule has 0 bridgehead atoms. The van der Waals surface area contributed by atoms with Gasteiger partial charge in [0.25, 0.3) is 11.7 Å². The highest BCUT2D eigenvalue weighted by atomic mass is 35.5. The van der Waals surface area contributed by atoms with Crippen LogP contribution in [0.4, 0.5) is 0 Å². The van der Waals surface area contributed by atoms with Crippen molar-refractivity contribution >= 4 is 29.1 Å². The van der Waals surface area contributed by atoms with Crippen LogP contribution in [-0.2, 0) is 14.3 Å². The van der Waals surface area contributed by atoms with Gasteiger partial charge in [-0.2, -0.15) is 0 Å². The van der Waals surface area contributed by atoms with Gasteiger partial charge in [0.2, 0.25) is 0 Å². The number of carbonyl (C=O) groups is 2. The monoisotopic (exact) mass is 473 g/mol. The maximum atomic E-state index is 13.0. The van der Waals surface area contributed by atoms with Crippen LogP contribution in [0.3, 0.4) is 0 Å². The van der Waals surface area contributed by atoms with Crippen LogP contribution >= 0.6 is 11.6 Å². The molecular weight excluding hydrogens is 446 g/mol. The second-order valence-corrected chi connectivity index (χ2v) is 8.55. The van der Waals surface area contributed by atoms with Crippen molar-refractivity contribution in [1.82, 2.24) is 4.90 Å². The lowest BCUT2D eigenvalue weighted by molar-refractivity contribution is -0.140. The molecule has 33 heavy (non-hydrogen) atoms. The number of aliphatic hydroxyl groups excluding tert-OH is 1. The van der Waals surface area contributed by atoms with E-state index in [0.29, 0.717) is 34.3 Å². The van der Waals surface area contributed by atoms with Crippen LogP contribution in [-0.4, -0.2) is 55.7 Å². The summed E-state index contributed by atoms with van der Waals surface area (Å²) in [7, 11) is 3.06. The first-order chi connectivity index (χ1) is 15.8. The minimum atomic E-state index is -0.827. The number of hydrogen-bond acceptors (Lipinski definition) is 6. The topological polar surface area (TPSA) is 85.3 Å². The predicted octanol–water partition coefficient (Wildman–Crippen LogP) is 4.45. The highest BCUT2D eigenvalue weighted by Gasteiger charge is 2.46. The van der Waals surface area contributed by atoms with Gasteiger partial charge in [-0.15, -0.1) is 0 Å². The lowest BCUT2D eigenvalue weighted by Crippen LogP contribution is -2.32. The number of benzene rings is 2. The number of Topliss-reactive ketones (excluding diaryl/α,β-unsaturated/α-hetero) is 1. The Labute approximate surface area is 198 Å². The molecule has 0 aromatic heterocycles. The van der Waals surface area contributed by atoms with Gasteiger partial charge in [-0.3, -0.25) is 9.59 Å². The number of aliphatic hydroxyl groups is 1. The fourth-order valence-corrected chi connectivity index (χ4v) is 3.86. The highest BCUT2D eigenvalue weighted by molar-refractivity contribution is 6.46. The van der Waals surface area contributed by atoms with E-state index in [2.05, 4.69) is 0 Å². The zero-order chi connectivity index (χ0) is 24.1. The number of ketones is 1. The molecule has 0 saturated carbocycles. The first-order valence-corrected chi connectivity index (χ1v) is 11.0. The van der Waals surface area contributed by atoms with Gasteiger partial charge >= 0.3 is 0 Å². The Morgan fingerprint density at radius 2 is 1.88 bits per heavy atom. The van der Waals surface area contributed by atoms with Crippen molar-refractivity contribution in [3.63, 3.8) is 0 Å². The van der Waals surface area contributed by atoms with E-state index in [1.54, 1.807) is 49.6 Å². The molecule has 176 valence electrons. The van der Waals surface area contributed by atoms with Crippen molar-refractivity contribution < 1.29 is 28.9 Å². The maximum Gasteiger partial charge on any atom is 0.295 e. The van der Waals surface area contributed by atoms with E-state index >= 15 is 0 Å². The quantitative estimate of drug-likeness (QED) is 0.329. The number of likely N-dealkylation sites (tertiary alicyclic amines) is 1. The van der Waals surface area contributed by atoms with E-state index in [1.807, 2.05) is 13.8 Å². The molecule has 1 fully saturated rings. The third kappa shape index (κ3) is 5.31. The Morgan fingerprint density at radius 3 is 2.52 bits per heavy atom. The number of hydrogen-bond donors (Lipinski definition) is 1. The van der Waals surface area contributed by atoms with Crippen molar-refractivity contribution in [2.24, 2.45) is 5.92 Å². The molecule has 1 unspecified atom stereocenters. The zero-order valence-electron chi connectivity index (χ0n) is 19.1. The van der Waals surface area contributed by atoms with Gasteiger partial charge in [-0.25, -0.2) is 0 Å². The van der Waals surface area contributed by atoms with Gasteiger partial charge in [0.15, 0.2) is 11.5 Å². The molecule has 1 amide bonds. The molecule has 3 rings (SSSR count). The summed E-state index contributed by atoms with van der Waals surface area (Å²) in [5.41, 5.74) is 0.939. The maximum absolute atomic E-state index is 13.0. The van der Waals surface area contributed by atoms with Gasteiger partial charge in [0.1, 0.15) is 5.76 Å².